The van der Waals surface area contributed by atoms with Gasteiger partial charge in [-0.05, 0) is 61.9 Å². The summed E-state index contributed by atoms with van der Waals surface area (Å²) >= 11 is 0. The molecule has 1 aliphatic rings. The summed E-state index contributed by atoms with van der Waals surface area (Å²) in [7, 11) is 0. The number of nitrogen functional groups attached to an aromatic ring is 1. The molecule has 0 aliphatic heterocycles. The molecule has 3 N–H and O–H groups in total. The molecule has 0 bridgehead atoms. The third-order valence-corrected chi connectivity index (χ3v) is 5.94. The quantitative estimate of drug-likeness (QED) is 0.530. The van der Waals surface area contributed by atoms with Crippen molar-refractivity contribution in [1.82, 2.24) is 19.7 Å². The fourth-order valence-corrected chi connectivity index (χ4v) is 4.12. The average molecular weight is 399 g/mol. The molecule has 0 atom stereocenters. The summed E-state index contributed by atoms with van der Waals surface area (Å²) in [5.41, 5.74) is 11.8. The molecular weight excluding hydrogens is 374 g/mol. The van der Waals surface area contributed by atoms with Gasteiger partial charge in [-0.25, -0.2) is 9.67 Å². The zero-order chi connectivity index (χ0) is 20.7. The predicted octanol–water partition coefficient (Wildman–Crippen LogP) is 3.94. The van der Waals surface area contributed by atoms with Crippen molar-refractivity contribution in [2.24, 2.45) is 5.92 Å². The third kappa shape index (κ3) is 3.44. The maximum atomic E-state index is 9.57. The van der Waals surface area contributed by atoms with Gasteiger partial charge in [0.2, 0.25) is 0 Å². The monoisotopic (exact) mass is 399 g/mol. The van der Waals surface area contributed by atoms with Gasteiger partial charge in [-0.2, -0.15) is 5.10 Å². The van der Waals surface area contributed by atoms with Gasteiger partial charge in [-0.1, -0.05) is 25.1 Å². The van der Waals surface area contributed by atoms with Gasteiger partial charge in [0.25, 0.3) is 0 Å². The van der Waals surface area contributed by atoms with E-state index in [0.29, 0.717) is 11.6 Å². The lowest BCUT2D eigenvalue weighted by Crippen LogP contribution is -2.30. The molecule has 5 rings (SSSR count). The van der Waals surface area contributed by atoms with Crippen molar-refractivity contribution in [3.63, 3.8) is 0 Å². The normalized spacial score (nSPS) is 18.5. The van der Waals surface area contributed by atoms with Crippen LogP contribution in [0.1, 0.15) is 31.2 Å². The van der Waals surface area contributed by atoms with E-state index in [2.05, 4.69) is 30.2 Å². The number of benzene rings is 1. The summed E-state index contributed by atoms with van der Waals surface area (Å²) in [6, 6.07) is 16.2. The molecule has 1 aromatic carbocycles. The van der Waals surface area contributed by atoms with Gasteiger partial charge in [0, 0.05) is 16.6 Å². The molecule has 4 aromatic rings. The Bertz CT molecular complexity index is 1210. The SMILES string of the molecule is CCc1cccc(-n2ncc3ccc(-c4ccc(N)c(CC5CC(O)C5)n4)cc32)n1. The standard InChI is InChI=1S/C24H25N5O/c1-2-18-4-3-5-24(27-18)29-23-13-16(6-7-17(23)14-26-29)21-9-8-20(25)22(28-21)12-15-10-19(30)11-15/h3-9,13-15,19,30H,2,10-12,25H2,1H3. The van der Waals surface area contributed by atoms with Crippen molar-refractivity contribution in [1.29, 1.82) is 0 Å². The van der Waals surface area contributed by atoms with Gasteiger partial charge in [0.05, 0.1) is 34.9 Å². The van der Waals surface area contributed by atoms with Crippen molar-refractivity contribution >= 4 is 16.6 Å². The summed E-state index contributed by atoms with van der Waals surface area (Å²) in [6.07, 6.45) is 5.06. The second-order valence-electron chi connectivity index (χ2n) is 8.10. The van der Waals surface area contributed by atoms with Crippen molar-refractivity contribution in [2.75, 3.05) is 5.73 Å². The van der Waals surface area contributed by atoms with Crippen molar-refractivity contribution in [2.45, 2.75) is 38.7 Å². The molecule has 0 unspecified atom stereocenters. The van der Waals surface area contributed by atoms with E-state index < -0.39 is 0 Å². The fourth-order valence-electron chi connectivity index (χ4n) is 4.12. The van der Waals surface area contributed by atoms with E-state index in [0.717, 1.165) is 65.0 Å². The Hall–Kier alpha value is -3.25. The van der Waals surface area contributed by atoms with Crippen LogP contribution in [-0.2, 0) is 12.8 Å². The topological polar surface area (TPSA) is 89.9 Å². The van der Waals surface area contributed by atoms with Gasteiger partial charge < -0.3 is 10.8 Å². The number of nitrogens with zero attached hydrogens (tertiary/aromatic N) is 4. The van der Waals surface area contributed by atoms with Crippen LogP contribution in [0.3, 0.4) is 0 Å². The first kappa shape index (κ1) is 18.8. The maximum absolute atomic E-state index is 9.57. The Morgan fingerprint density at radius 1 is 1.10 bits per heavy atom. The number of anilines is 1. The van der Waals surface area contributed by atoms with Crippen LogP contribution in [0.25, 0.3) is 28.0 Å². The Labute approximate surface area is 175 Å². The summed E-state index contributed by atoms with van der Waals surface area (Å²) in [4.78, 5) is 9.57. The van der Waals surface area contributed by atoms with Crippen molar-refractivity contribution in [3.05, 3.63) is 66.1 Å². The summed E-state index contributed by atoms with van der Waals surface area (Å²) in [5, 5.41) is 15.2. The van der Waals surface area contributed by atoms with Gasteiger partial charge in [0.1, 0.15) is 0 Å². The van der Waals surface area contributed by atoms with Crippen LogP contribution in [0.5, 0.6) is 0 Å². The molecule has 0 saturated heterocycles. The minimum atomic E-state index is -0.165. The number of fused-ring (bicyclic) bond motifs is 1. The van der Waals surface area contributed by atoms with Gasteiger partial charge in [-0.15, -0.1) is 0 Å². The van der Waals surface area contributed by atoms with Crippen LogP contribution in [-0.4, -0.2) is 31.0 Å². The second-order valence-corrected chi connectivity index (χ2v) is 8.10. The van der Waals surface area contributed by atoms with Crippen LogP contribution >= 0.6 is 0 Å². The van der Waals surface area contributed by atoms with Crippen molar-refractivity contribution < 1.29 is 5.11 Å². The Balaban J connectivity index is 1.52. The minimum Gasteiger partial charge on any atom is -0.397 e. The smallest absolute Gasteiger partial charge is 0.154 e. The first-order valence-electron chi connectivity index (χ1n) is 10.5. The lowest BCUT2D eigenvalue weighted by Gasteiger charge is -2.31. The van der Waals surface area contributed by atoms with E-state index in [1.807, 2.05) is 41.2 Å². The van der Waals surface area contributed by atoms with Crippen LogP contribution < -0.4 is 5.73 Å². The van der Waals surface area contributed by atoms with E-state index in [9.17, 15) is 5.11 Å². The zero-order valence-electron chi connectivity index (χ0n) is 17.0. The van der Waals surface area contributed by atoms with Gasteiger partial charge in [-0.3, -0.25) is 4.98 Å². The highest BCUT2D eigenvalue weighted by Gasteiger charge is 2.28. The van der Waals surface area contributed by atoms with Crippen LogP contribution in [0.15, 0.2) is 54.7 Å². The van der Waals surface area contributed by atoms with Crippen LogP contribution in [0.4, 0.5) is 5.69 Å². The summed E-state index contributed by atoms with van der Waals surface area (Å²) in [6.45, 7) is 2.10. The Morgan fingerprint density at radius 2 is 1.97 bits per heavy atom. The van der Waals surface area contributed by atoms with E-state index in [1.54, 1.807) is 0 Å². The number of aromatic nitrogens is 4. The Kier molecular flexibility index (Phi) is 4.71. The van der Waals surface area contributed by atoms with Gasteiger partial charge in [0.15, 0.2) is 5.82 Å². The fraction of sp³-hybridized carbons (Fsp3) is 0.292. The lowest BCUT2D eigenvalue weighted by atomic mass is 9.79. The van der Waals surface area contributed by atoms with Crippen LogP contribution in [0.2, 0.25) is 0 Å². The average Bonchev–Trinajstić information content (AvgIpc) is 3.17. The van der Waals surface area contributed by atoms with Crippen LogP contribution in [0, 0.1) is 5.92 Å². The van der Waals surface area contributed by atoms with Gasteiger partial charge >= 0.3 is 0 Å². The van der Waals surface area contributed by atoms with E-state index in [1.165, 1.54) is 0 Å². The molecular formula is C24H25N5O. The minimum absolute atomic E-state index is 0.165. The lowest BCUT2D eigenvalue weighted by molar-refractivity contribution is 0.0429. The third-order valence-electron chi connectivity index (χ3n) is 5.94. The highest BCUT2D eigenvalue weighted by Crippen LogP contribution is 2.32. The predicted molar refractivity (Wildman–Crippen MR) is 118 cm³/mol. The second kappa shape index (κ2) is 7.54. The number of nitrogens with two attached hydrogens (primary N) is 1. The van der Waals surface area contributed by atoms with E-state index in [-0.39, 0.29) is 6.10 Å². The summed E-state index contributed by atoms with van der Waals surface area (Å²) in [5.74, 6) is 1.28. The molecule has 1 aliphatic carbocycles. The first-order valence-corrected chi connectivity index (χ1v) is 10.5. The molecule has 1 fully saturated rings. The molecule has 6 nitrogen and oxygen atoms in total. The molecule has 6 heteroatoms. The number of rotatable bonds is 5. The largest absolute Gasteiger partial charge is 0.397 e. The molecule has 152 valence electrons. The highest BCUT2D eigenvalue weighted by atomic mass is 16.3. The number of aryl methyl sites for hydroxylation is 1. The molecule has 3 aromatic heterocycles. The molecule has 3 heterocycles. The number of aliphatic hydroxyl groups is 1. The van der Waals surface area contributed by atoms with Crippen molar-refractivity contribution in [3.8, 4) is 17.1 Å². The molecule has 1 saturated carbocycles. The number of pyridine rings is 2. The highest BCUT2D eigenvalue weighted by molar-refractivity contribution is 5.85. The summed E-state index contributed by atoms with van der Waals surface area (Å²) < 4.78 is 1.88. The molecule has 0 amide bonds. The Morgan fingerprint density at radius 3 is 2.77 bits per heavy atom. The first-order chi connectivity index (χ1) is 14.6. The molecule has 0 radical (unpaired) electrons. The molecule has 30 heavy (non-hydrogen) atoms. The number of hydrogen-bond acceptors (Lipinski definition) is 5. The van der Waals surface area contributed by atoms with E-state index in [4.69, 9.17) is 15.7 Å². The molecule has 0 spiro atoms. The maximum Gasteiger partial charge on any atom is 0.154 e. The number of hydrogen-bond donors (Lipinski definition) is 2. The zero-order valence-corrected chi connectivity index (χ0v) is 17.0. The van der Waals surface area contributed by atoms with E-state index >= 15 is 0 Å². The number of aliphatic hydroxyl groups excluding tert-OH is 1.